The van der Waals surface area contributed by atoms with Crippen LogP contribution in [0.1, 0.15) is 32.3 Å². The molecule has 100 valence electrons. The van der Waals surface area contributed by atoms with Crippen LogP contribution in [0.25, 0.3) is 0 Å². The van der Waals surface area contributed by atoms with Crippen LogP contribution in [-0.2, 0) is 6.18 Å². The number of halogens is 3. The molecule has 0 radical (unpaired) electrons. The summed E-state index contributed by atoms with van der Waals surface area (Å²) >= 11 is 0. The van der Waals surface area contributed by atoms with Gasteiger partial charge in [0.15, 0.2) is 0 Å². The molecule has 18 heavy (non-hydrogen) atoms. The van der Waals surface area contributed by atoms with Gasteiger partial charge in [-0.3, -0.25) is 0 Å². The molecule has 0 fully saturated rings. The second-order valence-electron chi connectivity index (χ2n) is 3.94. The third-order valence-corrected chi connectivity index (χ3v) is 2.84. The van der Waals surface area contributed by atoms with E-state index < -0.39 is 11.7 Å². The summed E-state index contributed by atoms with van der Waals surface area (Å²) in [6.45, 7) is 3.80. The molecule has 0 heterocycles. The first-order valence-corrected chi connectivity index (χ1v) is 5.73. The first-order chi connectivity index (χ1) is 8.43. The minimum absolute atomic E-state index is 0.0979. The van der Waals surface area contributed by atoms with Gasteiger partial charge in [-0.05, 0) is 37.1 Å². The van der Waals surface area contributed by atoms with Gasteiger partial charge in [0.2, 0.25) is 0 Å². The third-order valence-electron chi connectivity index (χ3n) is 2.84. The molecule has 0 spiro atoms. The van der Waals surface area contributed by atoms with Crippen molar-refractivity contribution in [2.45, 2.75) is 38.9 Å². The number of rotatable bonds is 5. The lowest BCUT2D eigenvalue weighted by Crippen LogP contribution is -2.28. The molecule has 0 saturated heterocycles. The van der Waals surface area contributed by atoms with Crippen molar-refractivity contribution in [3.05, 3.63) is 34.7 Å². The van der Waals surface area contributed by atoms with E-state index in [1.807, 2.05) is 13.8 Å². The van der Waals surface area contributed by atoms with Gasteiger partial charge < -0.3 is 0 Å². The van der Waals surface area contributed by atoms with Crippen LogP contribution in [0.4, 0.5) is 18.9 Å². The Hall–Kier alpha value is -1.59. The number of alkyl halides is 3. The third kappa shape index (κ3) is 3.21. The van der Waals surface area contributed by atoms with Crippen molar-refractivity contribution in [3.8, 4) is 0 Å². The SMILES string of the molecule is CCC(CC)N(N=O)c1ccc(C(F)(F)F)cc1. The molecule has 6 heteroatoms. The van der Waals surface area contributed by atoms with Crippen LogP contribution in [0.15, 0.2) is 29.6 Å². The van der Waals surface area contributed by atoms with Gasteiger partial charge in [-0.2, -0.15) is 13.2 Å². The summed E-state index contributed by atoms with van der Waals surface area (Å²) in [5.74, 6) is 0. The zero-order valence-corrected chi connectivity index (χ0v) is 10.2. The van der Waals surface area contributed by atoms with Crippen molar-refractivity contribution < 1.29 is 13.2 Å². The second kappa shape index (κ2) is 5.84. The Morgan fingerprint density at radius 2 is 1.67 bits per heavy atom. The van der Waals surface area contributed by atoms with Crippen molar-refractivity contribution >= 4 is 5.69 Å². The van der Waals surface area contributed by atoms with Crippen LogP contribution in [0.3, 0.4) is 0 Å². The van der Waals surface area contributed by atoms with E-state index in [4.69, 9.17) is 0 Å². The fourth-order valence-electron chi connectivity index (χ4n) is 1.76. The molecule has 3 nitrogen and oxygen atoms in total. The zero-order chi connectivity index (χ0) is 13.8. The summed E-state index contributed by atoms with van der Waals surface area (Å²) in [4.78, 5) is 10.8. The van der Waals surface area contributed by atoms with Crippen molar-refractivity contribution in [2.75, 3.05) is 5.01 Å². The number of nitroso groups, excluding NO2 is 1. The number of anilines is 1. The fourth-order valence-corrected chi connectivity index (χ4v) is 1.76. The largest absolute Gasteiger partial charge is 0.416 e. The average molecular weight is 260 g/mol. The standard InChI is InChI=1S/C12H15F3N2O/c1-3-10(4-2)17(16-18)11-7-5-9(6-8-11)12(13,14)15/h5-8,10H,3-4H2,1-2H3. The van der Waals surface area contributed by atoms with E-state index in [1.54, 1.807) is 0 Å². The molecular weight excluding hydrogens is 245 g/mol. The quantitative estimate of drug-likeness (QED) is 0.581. The molecule has 0 aromatic heterocycles. The Bertz CT molecular complexity index is 385. The highest BCUT2D eigenvalue weighted by atomic mass is 19.4. The molecule has 0 aliphatic rings. The second-order valence-corrected chi connectivity index (χ2v) is 3.94. The van der Waals surface area contributed by atoms with Crippen LogP contribution in [0, 0.1) is 4.91 Å². The fraction of sp³-hybridized carbons (Fsp3) is 0.500. The molecule has 0 N–H and O–H groups in total. The van der Waals surface area contributed by atoms with Crippen molar-refractivity contribution in [1.82, 2.24) is 0 Å². The molecule has 0 unspecified atom stereocenters. The molecule has 0 aliphatic carbocycles. The van der Waals surface area contributed by atoms with E-state index in [2.05, 4.69) is 5.29 Å². The van der Waals surface area contributed by atoms with Gasteiger partial charge in [0.05, 0.1) is 22.6 Å². The minimum Gasteiger partial charge on any atom is -0.226 e. The molecule has 0 aliphatic heterocycles. The molecule has 0 bridgehead atoms. The normalized spacial score (nSPS) is 11.7. The maximum Gasteiger partial charge on any atom is 0.416 e. The van der Waals surface area contributed by atoms with Gasteiger partial charge in [-0.15, -0.1) is 4.91 Å². The maximum absolute atomic E-state index is 12.4. The molecule has 1 aromatic rings. The van der Waals surface area contributed by atoms with E-state index in [-0.39, 0.29) is 6.04 Å². The highest BCUT2D eigenvalue weighted by Crippen LogP contribution is 2.31. The van der Waals surface area contributed by atoms with Crippen LogP contribution >= 0.6 is 0 Å². The summed E-state index contributed by atoms with van der Waals surface area (Å²) in [5, 5.41) is 4.12. The highest BCUT2D eigenvalue weighted by molar-refractivity contribution is 5.48. The monoisotopic (exact) mass is 260 g/mol. The van der Waals surface area contributed by atoms with Crippen molar-refractivity contribution in [1.29, 1.82) is 0 Å². The van der Waals surface area contributed by atoms with E-state index in [0.717, 1.165) is 12.1 Å². The summed E-state index contributed by atoms with van der Waals surface area (Å²) in [6.07, 6.45) is -2.97. The molecule has 1 rings (SSSR count). The zero-order valence-electron chi connectivity index (χ0n) is 10.2. The van der Waals surface area contributed by atoms with E-state index >= 15 is 0 Å². The lowest BCUT2D eigenvalue weighted by Gasteiger charge is -2.24. The smallest absolute Gasteiger partial charge is 0.226 e. The van der Waals surface area contributed by atoms with Gasteiger partial charge in [0, 0.05) is 0 Å². The number of hydrogen-bond acceptors (Lipinski definition) is 2. The highest BCUT2D eigenvalue weighted by Gasteiger charge is 2.30. The van der Waals surface area contributed by atoms with E-state index in [0.29, 0.717) is 18.5 Å². The first-order valence-electron chi connectivity index (χ1n) is 5.73. The van der Waals surface area contributed by atoms with Gasteiger partial charge in [0.25, 0.3) is 0 Å². The summed E-state index contributed by atoms with van der Waals surface area (Å²) in [5.41, 5.74) is -0.353. The van der Waals surface area contributed by atoms with E-state index in [9.17, 15) is 18.1 Å². The first kappa shape index (κ1) is 14.5. The lowest BCUT2D eigenvalue weighted by molar-refractivity contribution is -0.137. The maximum atomic E-state index is 12.4. The summed E-state index contributed by atoms with van der Waals surface area (Å²) in [7, 11) is 0. The van der Waals surface area contributed by atoms with Crippen LogP contribution in [-0.4, -0.2) is 6.04 Å². The van der Waals surface area contributed by atoms with Crippen LogP contribution in [0.2, 0.25) is 0 Å². The number of hydrogen-bond donors (Lipinski definition) is 0. The predicted octanol–water partition coefficient (Wildman–Crippen LogP) is 4.38. The molecule has 0 amide bonds. The Labute approximate surface area is 104 Å². The minimum atomic E-state index is -4.37. The topological polar surface area (TPSA) is 32.7 Å². The van der Waals surface area contributed by atoms with Gasteiger partial charge >= 0.3 is 6.18 Å². The Morgan fingerprint density at radius 3 is 2.00 bits per heavy atom. The van der Waals surface area contributed by atoms with E-state index in [1.165, 1.54) is 17.1 Å². The summed E-state index contributed by atoms with van der Waals surface area (Å²) in [6, 6.07) is 4.34. The molecule has 0 atom stereocenters. The van der Waals surface area contributed by atoms with Crippen LogP contribution in [0.5, 0.6) is 0 Å². The lowest BCUT2D eigenvalue weighted by atomic mass is 10.1. The summed E-state index contributed by atoms with van der Waals surface area (Å²) < 4.78 is 37.2. The Morgan fingerprint density at radius 1 is 1.17 bits per heavy atom. The van der Waals surface area contributed by atoms with Crippen molar-refractivity contribution in [3.63, 3.8) is 0 Å². The molecular formula is C12H15F3N2O. The van der Waals surface area contributed by atoms with Gasteiger partial charge in [-0.25, -0.2) is 5.01 Å². The number of benzene rings is 1. The Balaban J connectivity index is 2.99. The molecule has 0 saturated carbocycles. The van der Waals surface area contributed by atoms with Gasteiger partial charge in [-0.1, -0.05) is 13.8 Å². The molecule has 1 aromatic carbocycles. The van der Waals surface area contributed by atoms with Crippen LogP contribution < -0.4 is 5.01 Å². The number of nitrogens with zero attached hydrogens (tertiary/aromatic N) is 2. The van der Waals surface area contributed by atoms with Gasteiger partial charge in [0.1, 0.15) is 0 Å². The predicted molar refractivity (Wildman–Crippen MR) is 64.1 cm³/mol. The Kier molecular flexibility index (Phi) is 4.69. The average Bonchev–Trinajstić information content (AvgIpc) is 2.35. The van der Waals surface area contributed by atoms with Crippen molar-refractivity contribution in [2.24, 2.45) is 5.29 Å².